The van der Waals surface area contributed by atoms with Crippen molar-refractivity contribution in [1.29, 1.82) is 0 Å². The van der Waals surface area contributed by atoms with Gasteiger partial charge in [-0.3, -0.25) is 4.79 Å². The summed E-state index contributed by atoms with van der Waals surface area (Å²) < 4.78 is 13.7. The van der Waals surface area contributed by atoms with Gasteiger partial charge in [0, 0.05) is 18.0 Å². The lowest BCUT2D eigenvalue weighted by Gasteiger charge is -2.32. The number of amides is 1. The van der Waals surface area contributed by atoms with E-state index >= 15 is 0 Å². The summed E-state index contributed by atoms with van der Waals surface area (Å²) in [6.07, 6.45) is 1.65. The first kappa shape index (κ1) is 15.8. The number of H-pyrrole nitrogens is 1. The Kier molecular flexibility index (Phi) is 4.01. The normalized spacial score (nSPS) is 16.6. The summed E-state index contributed by atoms with van der Waals surface area (Å²) in [6.45, 7) is 0.909. The van der Waals surface area contributed by atoms with Crippen molar-refractivity contribution < 1.29 is 9.18 Å². The number of rotatable bonds is 2. The second kappa shape index (κ2) is 6.33. The molecule has 126 valence electrons. The van der Waals surface area contributed by atoms with Crippen LogP contribution in [0.1, 0.15) is 33.2 Å². The van der Waals surface area contributed by atoms with Crippen LogP contribution >= 0.6 is 11.6 Å². The molecule has 25 heavy (non-hydrogen) atoms. The Morgan fingerprint density at radius 2 is 2.04 bits per heavy atom. The highest BCUT2D eigenvalue weighted by atomic mass is 35.5. The molecule has 2 aromatic carbocycles. The van der Waals surface area contributed by atoms with E-state index < -0.39 is 5.82 Å². The van der Waals surface area contributed by atoms with Crippen molar-refractivity contribution in [3.05, 3.63) is 88.2 Å². The Morgan fingerprint density at radius 1 is 1.24 bits per heavy atom. The summed E-state index contributed by atoms with van der Waals surface area (Å²) in [5, 5.41) is 0.00760. The van der Waals surface area contributed by atoms with E-state index in [0.717, 1.165) is 17.0 Å². The van der Waals surface area contributed by atoms with E-state index in [1.807, 2.05) is 30.3 Å². The lowest BCUT2D eigenvalue weighted by Crippen LogP contribution is -2.38. The van der Waals surface area contributed by atoms with Gasteiger partial charge < -0.3 is 9.88 Å². The molecule has 1 aromatic heterocycles. The predicted molar refractivity (Wildman–Crippen MR) is 93.0 cm³/mol. The number of carbonyl (C=O) groups is 1. The molecular weight excluding hydrogens is 341 g/mol. The van der Waals surface area contributed by atoms with E-state index in [9.17, 15) is 9.18 Å². The quantitative estimate of drug-likeness (QED) is 0.755. The van der Waals surface area contributed by atoms with Crippen molar-refractivity contribution in [2.45, 2.75) is 12.5 Å². The van der Waals surface area contributed by atoms with Gasteiger partial charge in [0.1, 0.15) is 5.82 Å². The maximum absolute atomic E-state index is 13.7. The first-order valence-electron chi connectivity index (χ1n) is 7.95. The monoisotopic (exact) mass is 355 g/mol. The molecular formula is C19H15ClFN3O. The van der Waals surface area contributed by atoms with Gasteiger partial charge in [0.15, 0.2) is 0 Å². The number of benzene rings is 2. The molecule has 0 aliphatic carbocycles. The fourth-order valence-corrected chi connectivity index (χ4v) is 3.35. The number of nitrogens with zero attached hydrogens (tertiary/aromatic N) is 2. The number of fused-ring (bicyclic) bond motifs is 1. The second-order valence-electron chi connectivity index (χ2n) is 6.04. The number of carbonyl (C=O) groups excluding carboxylic acids is 1. The van der Waals surface area contributed by atoms with Crippen LogP contribution in [0.3, 0.4) is 0 Å². The van der Waals surface area contributed by atoms with Gasteiger partial charge in [0.2, 0.25) is 0 Å². The van der Waals surface area contributed by atoms with Gasteiger partial charge in [-0.25, -0.2) is 9.37 Å². The van der Waals surface area contributed by atoms with E-state index in [1.54, 1.807) is 17.3 Å². The topological polar surface area (TPSA) is 49.0 Å². The highest BCUT2D eigenvalue weighted by Gasteiger charge is 2.31. The molecule has 0 spiro atoms. The van der Waals surface area contributed by atoms with Crippen molar-refractivity contribution in [2.24, 2.45) is 0 Å². The van der Waals surface area contributed by atoms with Gasteiger partial charge in [0.05, 0.1) is 29.3 Å². The summed E-state index contributed by atoms with van der Waals surface area (Å²) in [7, 11) is 0. The number of halogens is 2. The number of aromatic amines is 1. The number of aromatic nitrogens is 2. The summed E-state index contributed by atoms with van der Waals surface area (Å²) in [5.74, 6) is -0.833. The first-order chi connectivity index (χ1) is 12.1. The molecule has 6 heteroatoms. The largest absolute Gasteiger partial charge is 0.347 e. The molecule has 0 fully saturated rings. The minimum atomic E-state index is -0.591. The second-order valence-corrected chi connectivity index (χ2v) is 6.45. The summed E-state index contributed by atoms with van der Waals surface area (Å²) >= 11 is 5.71. The third-order valence-electron chi connectivity index (χ3n) is 4.49. The van der Waals surface area contributed by atoms with Crippen LogP contribution in [0, 0.1) is 5.82 Å². The van der Waals surface area contributed by atoms with Crippen LogP contribution in [0.4, 0.5) is 4.39 Å². The highest BCUT2D eigenvalue weighted by Crippen LogP contribution is 2.32. The zero-order valence-electron chi connectivity index (χ0n) is 13.2. The van der Waals surface area contributed by atoms with Gasteiger partial charge >= 0.3 is 0 Å². The fourth-order valence-electron chi connectivity index (χ4n) is 3.24. The van der Waals surface area contributed by atoms with Crippen LogP contribution in [0.5, 0.6) is 0 Å². The number of imidazole rings is 1. The summed E-state index contributed by atoms with van der Waals surface area (Å²) in [5.41, 5.74) is 3.24. The van der Waals surface area contributed by atoms with Crippen molar-refractivity contribution in [3.63, 3.8) is 0 Å². The molecule has 1 amide bonds. The Balaban J connectivity index is 1.68. The molecule has 1 N–H and O–H groups in total. The maximum atomic E-state index is 13.7. The number of nitrogens with one attached hydrogen (secondary N) is 1. The number of hydrogen-bond acceptors (Lipinski definition) is 2. The van der Waals surface area contributed by atoms with Crippen LogP contribution in [0.2, 0.25) is 5.02 Å². The summed E-state index contributed by atoms with van der Waals surface area (Å²) in [4.78, 5) is 22.1. The van der Waals surface area contributed by atoms with E-state index in [2.05, 4.69) is 9.97 Å². The zero-order chi connectivity index (χ0) is 17.4. The lowest BCUT2D eigenvalue weighted by atomic mass is 9.90. The summed E-state index contributed by atoms with van der Waals surface area (Å²) in [6, 6.07) is 14.1. The molecule has 1 atom stereocenters. The lowest BCUT2D eigenvalue weighted by molar-refractivity contribution is 0.0721. The Hall–Kier alpha value is -2.66. The SMILES string of the molecule is O=C(c1ccc(Cl)c(F)c1)N1Cc2[nH]cnc2C(c2ccccc2)C1. The Morgan fingerprint density at radius 3 is 2.80 bits per heavy atom. The van der Waals surface area contributed by atoms with Gasteiger partial charge in [-0.1, -0.05) is 41.9 Å². The third-order valence-corrected chi connectivity index (χ3v) is 4.80. The molecule has 1 aliphatic heterocycles. The molecule has 0 saturated heterocycles. The van der Waals surface area contributed by atoms with Crippen LogP contribution in [0.15, 0.2) is 54.9 Å². The van der Waals surface area contributed by atoms with Gasteiger partial charge in [-0.2, -0.15) is 0 Å². The maximum Gasteiger partial charge on any atom is 0.254 e. The van der Waals surface area contributed by atoms with E-state index in [4.69, 9.17) is 11.6 Å². The van der Waals surface area contributed by atoms with Crippen molar-refractivity contribution >= 4 is 17.5 Å². The average molecular weight is 356 g/mol. The van der Waals surface area contributed by atoms with Crippen LogP contribution < -0.4 is 0 Å². The van der Waals surface area contributed by atoms with Crippen LogP contribution in [0.25, 0.3) is 0 Å². The molecule has 1 unspecified atom stereocenters. The molecule has 0 bridgehead atoms. The Labute approximate surface area is 149 Å². The first-order valence-corrected chi connectivity index (χ1v) is 8.32. The van der Waals surface area contributed by atoms with Crippen molar-refractivity contribution in [3.8, 4) is 0 Å². The van der Waals surface area contributed by atoms with Crippen LogP contribution in [-0.2, 0) is 6.54 Å². The zero-order valence-corrected chi connectivity index (χ0v) is 14.0. The Bertz CT molecular complexity index is 925. The van der Waals surface area contributed by atoms with Gasteiger partial charge in [-0.05, 0) is 23.8 Å². The average Bonchev–Trinajstić information content (AvgIpc) is 3.12. The van der Waals surface area contributed by atoms with Gasteiger partial charge in [0.25, 0.3) is 5.91 Å². The fraction of sp³-hybridized carbons (Fsp3) is 0.158. The molecule has 4 rings (SSSR count). The predicted octanol–water partition coefficient (Wildman–Crippen LogP) is 3.99. The van der Waals surface area contributed by atoms with Crippen LogP contribution in [-0.4, -0.2) is 27.3 Å². The molecule has 3 aromatic rings. The van der Waals surface area contributed by atoms with Crippen molar-refractivity contribution in [2.75, 3.05) is 6.54 Å². The van der Waals surface area contributed by atoms with E-state index in [-0.39, 0.29) is 22.4 Å². The third kappa shape index (κ3) is 2.91. The van der Waals surface area contributed by atoms with E-state index in [0.29, 0.717) is 13.1 Å². The molecule has 1 aliphatic rings. The van der Waals surface area contributed by atoms with Crippen molar-refractivity contribution in [1.82, 2.24) is 14.9 Å². The minimum Gasteiger partial charge on any atom is -0.347 e. The van der Waals surface area contributed by atoms with E-state index in [1.165, 1.54) is 12.1 Å². The molecule has 0 radical (unpaired) electrons. The van der Waals surface area contributed by atoms with Gasteiger partial charge in [-0.15, -0.1) is 0 Å². The molecule has 2 heterocycles. The molecule has 4 nitrogen and oxygen atoms in total. The smallest absolute Gasteiger partial charge is 0.254 e. The highest BCUT2D eigenvalue weighted by molar-refractivity contribution is 6.30. The minimum absolute atomic E-state index is 0.00760. The standard InChI is InChI=1S/C19H15ClFN3O/c20-15-7-6-13(8-16(15)21)19(25)24-9-14(12-4-2-1-3-5-12)18-17(10-24)22-11-23-18/h1-8,11,14H,9-10H2,(H,22,23). The molecule has 0 saturated carbocycles. The number of hydrogen-bond donors (Lipinski definition) is 1.